The van der Waals surface area contributed by atoms with E-state index in [9.17, 15) is 0 Å². The van der Waals surface area contributed by atoms with Crippen molar-refractivity contribution in [2.75, 3.05) is 11.4 Å². The number of hydrogen-bond acceptors (Lipinski definition) is 1. The molecule has 0 aromatic heterocycles. The van der Waals surface area contributed by atoms with E-state index in [1.165, 1.54) is 120 Å². The molecule has 0 bridgehead atoms. The lowest BCUT2D eigenvalue weighted by Crippen LogP contribution is -2.20. The maximum Gasteiger partial charge on any atom is 0.0443 e. The van der Waals surface area contributed by atoms with E-state index < -0.39 is 0 Å². The molecule has 0 spiro atoms. The predicted octanol–water partition coefficient (Wildman–Crippen LogP) is 10.3. The number of benzene rings is 2. The van der Waals surface area contributed by atoms with Gasteiger partial charge in [0.25, 0.3) is 0 Å². The first-order chi connectivity index (χ1) is 15.9. The first kappa shape index (κ1) is 26.5. The Morgan fingerprint density at radius 3 is 1.62 bits per heavy atom. The maximum atomic E-state index is 2.58. The van der Waals surface area contributed by atoms with Crippen LogP contribution in [-0.4, -0.2) is 6.54 Å². The van der Waals surface area contributed by atoms with Crippen LogP contribution in [0.4, 0.5) is 11.4 Å². The van der Waals surface area contributed by atoms with Crippen LogP contribution in [0.2, 0.25) is 0 Å². The van der Waals surface area contributed by atoms with Gasteiger partial charge in [-0.2, -0.15) is 0 Å². The summed E-state index contributed by atoms with van der Waals surface area (Å²) in [5, 5.41) is 0. The number of aryl methyl sites for hydroxylation is 1. The smallest absolute Gasteiger partial charge is 0.0443 e. The number of hydrogen-bond donors (Lipinski definition) is 0. The molecule has 0 N–H and O–H groups in total. The average molecular weight is 436 g/mol. The van der Waals surface area contributed by atoms with Crippen LogP contribution in [0.5, 0.6) is 0 Å². The minimum atomic E-state index is 1.12. The molecule has 0 aliphatic rings. The largest absolute Gasteiger partial charge is 0.341 e. The highest BCUT2D eigenvalue weighted by molar-refractivity contribution is 5.66. The Labute approximate surface area is 199 Å². The van der Waals surface area contributed by atoms with Crippen molar-refractivity contribution in [3.8, 4) is 0 Å². The van der Waals surface area contributed by atoms with Gasteiger partial charge in [0.2, 0.25) is 0 Å². The van der Waals surface area contributed by atoms with Crippen molar-refractivity contribution < 1.29 is 0 Å². The fourth-order valence-corrected chi connectivity index (χ4v) is 4.66. The van der Waals surface area contributed by atoms with Gasteiger partial charge in [-0.05, 0) is 43.0 Å². The van der Waals surface area contributed by atoms with Crippen molar-refractivity contribution in [2.24, 2.45) is 0 Å². The van der Waals surface area contributed by atoms with Gasteiger partial charge in [-0.15, -0.1) is 0 Å². The number of nitrogens with zero attached hydrogens (tertiary/aromatic N) is 1. The van der Waals surface area contributed by atoms with Crippen LogP contribution in [0.1, 0.15) is 116 Å². The van der Waals surface area contributed by atoms with Crippen LogP contribution in [0.25, 0.3) is 0 Å². The van der Waals surface area contributed by atoms with E-state index in [0.29, 0.717) is 0 Å². The van der Waals surface area contributed by atoms with Gasteiger partial charge < -0.3 is 4.90 Å². The molecule has 0 aliphatic carbocycles. The van der Waals surface area contributed by atoms with Gasteiger partial charge in [0.15, 0.2) is 0 Å². The Bertz CT molecular complexity index is 678. The Morgan fingerprint density at radius 1 is 0.500 bits per heavy atom. The topological polar surface area (TPSA) is 3.24 Å². The molecular formula is C31H49N. The predicted molar refractivity (Wildman–Crippen MR) is 144 cm³/mol. The summed E-state index contributed by atoms with van der Waals surface area (Å²) in [5.41, 5.74) is 4.28. The zero-order valence-electron chi connectivity index (χ0n) is 21.2. The lowest BCUT2D eigenvalue weighted by molar-refractivity contribution is 0.576. The Kier molecular flexibility index (Phi) is 14.7. The van der Waals surface area contributed by atoms with Crippen molar-refractivity contribution in [1.82, 2.24) is 0 Å². The Hall–Kier alpha value is -1.76. The molecule has 178 valence electrons. The van der Waals surface area contributed by atoms with Gasteiger partial charge in [-0.3, -0.25) is 0 Å². The van der Waals surface area contributed by atoms with Crippen LogP contribution in [0.3, 0.4) is 0 Å². The number of rotatable bonds is 19. The fraction of sp³-hybridized carbons (Fsp3) is 0.613. The van der Waals surface area contributed by atoms with Crippen molar-refractivity contribution in [3.63, 3.8) is 0 Å². The molecule has 2 rings (SSSR count). The fourth-order valence-electron chi connectivity index (χ4n) is 4.66. The number of unbranched alkanes of at least 4 members (excludes halogenated alkanes) is 13. The first-order valence-corrected chi connectivity index (χ1v) is 13.8. The van der Waals surface area contributed by atoms with Crippen molar-refractivity contribution in [2.45, 2.75) is 117 Å². The zero-order chi connectivity index (χ0) is 22.7. The van der Waals surface area contributed by atoms with Gasteiger partial charge in [0, 0.05) is 17.9 Å². The number of anilines is 2. The van der Waals surface area contributed by atoms with Crippen molar-refractivity contribution >= 4 is 11.4 Å². The number of para-hydroxylation sites is 2. The lowest BCUT2D eigenvalue weighted by atomic mass is 10.0. The highest BCUT2D eigenvalue weighted by Gasteiger charge is 2.12. The monoisotopic (exact) mass is 435 g/mol. The van der Waals surface area contributed by atoms with Gasteiger partial charge >= 0.3 is 0 Å². The van der Waals surface area contributed by atoms with E-state index in [1.54, 1.807) is 0 Å². The molecule has 0 saturated heterocycles. The molecule has 2 aromatic carbocycles. The van der Waals surface area contributed by atoms with E-state index in [1.807, 2.05) is 0 Å². The maximum absolute atomic E-state index is 2.58. The third-order valence-corrected chi connectivity index (χ3v) is 6.64. The SMILES string of the molecule is CCCCCCCCCCN(c1ccccc1)c1ccccc1CCCCCCCCC. The van der Waals surface area contributed by atoms with Gasteiger partial charge in [0.05, 0.1) is 0 Å². The summed E-state index contributed by atoms with van der Waals surface area (Å²) >= 11 is 0. The summed E-state index contributed by atoms with van der Waals surface area (Å²) in [4.78, 5) is 2.58. The summed E-state index contributed by atoms with van der Waals surface area (Å²) in [7, 11) is 0. The summed E-state index contributed by atoms with van der Waals surface area (Å²) < 4.78 is 0. The second-order valence-electron chi connectivity index (χ2n) is 9.46. The summed E-state index contributed by atoms with van der Waals surface area (Å²) in [5.74, 6) is 0. The molecule has 0 saturated carbocycles. The third kappa shape index (κ3) is 10.7. The van der Waals surface area contributed by atoms with E-state index in [4.69, 9.17) is 0 Å². The molecular weight excluding hydrogens is 386 g/mol. The standard InChI is InChI=1S/C31H49N/c1-3-5-7-9-11-13-15-22-28-32(30-25-18-16-19-26-30)31-27-21-20-24-29(31)23-17-14-12-10-8-6-4-2/h16,18-21,24-27H,3-15,17,22-23,28H2,1-2H3. The van der Waals surface area contributed by atoms with Crippen LogP contribution >= 0.6 is 0 Å². The molecule has 2 aromatic rings. The van der Waals surface area contributed by atoms with Crippen molar-refractivity contribution in [3.05, 3.63) is 60.2 Å². The molecule has 0 unspecified atom stereocenters. The molecule has 0 aliphatic heterocycles. The van der Waals surface area contributed by atoms with Gasteiger partial charge in [-0.25, -0.2) is 0 Å². The second-order valence-corrected chi connectivity index (χ2v) is 9.46. The highest BCUT2D eigenvalue weighted by Crippen LogP contribution is 2.30. The molecule has 0 fully saturated rings. The quantitative estimate of drug-likeness (QED) is 0.198. The lowest BCUT2D eigenvalue weighted by Gasteiger charge is -2.27. The minimum absolute atomic E-state index is 1.12. The normalized spacial score (nSPS) is 11.1. The summed E-state index contributed by atoms with van der Waals surface area (Å²) in [6.07, 6.45) is 21.8. The molecule has 1 nitrogen and oxygen atoms in total. The molecule has 32 heavy (non-hydrogen) atoms. The average Bonchev–Trinajstić information content (AvgIpc) is 2.83. The summed E-state index contributed by atoms with van der Waals surface area (Å²) in [6, 6.07) is 20.2. The van der Waals surface area contributed by atoms with E-state index in [0.717, 1.165) is 6.54 Å². The Morgan fingerprint density at radius 2 is 1.00 bits per heavy atom. The molecule has 0 atom stereocenters. The van der Waals surface area contributed by atoms with Crippen LogP contribution in [-0.2, 0) is 6.42 Å². The molecule has 0 amide bonds. The van der Waals surface area contributed by atoms with Gasteiger partial charge in [0.1, 0.15) is 0 Å². The Balaban J connectivity index is 1.90. The zero-order valence-corrected chi connectivity index (χ0v) is 21.2. The molecule has 0 radical (unpaired) electrons. The van der Waals surface area contributed by atoms with Crippen LogP contribution in [0, 0.1) is 0 Å². The first-order valence-electron chi connectivity index (χ1n) is 13.8. The third-order valence-electron chi connectivity index (χ3n) is 6.64. The van der Waals surface area contributed by atoms with Gasteiger partial charge in [-0.1, -0.05) is 134 Å². The van der Waals surface area contributed by atoms with Crippen LogP contribution in [0.15, 0.2) is 54.6 Å². The van der Waals surface area contributed by atoms with E-state index >= 15 is 0 Å². The molecule has 0 heterocycles. The van der Waals surface area contributed by atoms with E-state index in [2.05, 4.69) is 73.3 Å². The van der Waals surface area contributed by atoms with Crippen LogP contribution < -0.4 is 4.90 Å². The minimum Gasteiger partial charge on any atom is -0.341 e. The van der Waals surface area contributed by atoms with Crippen molar-refractivity contribution in [1.29, 1.82) is 0 Å². The second kappa shape index (κ2) is 17.8. The molecule has 1 heteroatoms. The summed E-state index contributed by atoms with van der Waals surface area (Å²) in [6.45, 7) is 5.71. The highest BCUT2D eigenvalue weighted by atomic mass is 15.1. The van der Waals surface area contributed by atoms with E-state index in [-0.39, 0.29) is 0 Å².